The number of halogens is 3. The summed E-state index contributed by atoms with van der Waals surface area (Å²) in [5, 5.41) is 7.47. The van der Waals surface area contributed by atoms with Crippen LogP contribution < -0.4 is 10.6 Å². The number of para-hydroxylation sites is 1. The van der Waals surface area contributed by atoms with Gasteiger partial charge in [-0.3, -0.25) is 4.79 Å². The Bertz CT molecular complexity index is 555. The zero-order chi connectivity index (χ0) is 14.6. The van der Waals surface area contributed by atoms with Crippen molar-refractivity contribution < 1.29 is 4.79 Å². The number of hydrogen-bond acceptors (Lipinski definition) is 3. The predicted molar refractivity (Wildman–Crippen MR) is 85.9 cm³/mol. The van der Waals surface area contributed by atoms with Crippen molar-refractivity contribution in [2.24, 2.45) is 0 Å². The Morgan fingerprint density at radius 3 is 2.35 bits per heavy atom. The molecule has 0 saturated carbocycles. The highest BCUT2D eigenvalue weighted by Gasteiger charge is 2.34. The van der Waals surface area contributed by atoms with Crippen LogP contribution in [0.15, 0.2) is 47.8 Å². The zero-order valence-electron chi connectivity index (χ0n) is 10.1. The minimum absolute atomic E-state index is 0.292. The standard InChI is InChI=1S/C13H11Cl3N2OS/c14-13(15,16)12(17-9-5-2-1-3-6-9)18-11(19)10-7-4-8-20-10/h1-8,12,17H,(H,18,19)/t12-/m0/s1. The van der Waals surface area contributed by atoms with Crippen LogP contribution in [0.5, 0.6) is 0 Å². The van der Waals surface area contributed by atoms with Crippen molar-refractivity contribution in [3.8, 4) is 0 Å². The average molecular weight is 350 g/mol. The lowest BCUT2D eigenvalue weighted by atomic mass is 10.3. The fraction of sp³-hybridized carbons (Fsp3) is 0.154. The van der Waals surface area contributed by atoms with Crippen molar-refractivity contribution in [1.82, 2.24) is 5.32 Å². The monoisotopic (exact) mass is 348 g/mol. The summed E-state index contributed by atoms with van der Waals surface area (Å²) >= 11 is 19.1. The minimum atomic E-state index is -1.68. The number of carbonyl (C=O) groups excluding carboxylic acids is 1. The molecule has 1 heterocycles. The molecule has 106 valence electrons. The number of thiophene rings is 1. The summed E-state index contributed by atoms with van der Waals surface area (Å²) in [6.07, 6.45) is -0.843. The summed E-state index contributed by atoms with van der Waals surface area (Å²) in [5.41, 5.74) is 0.746. The van der Waals surface area contributed by atoms with Crippen molar-refractivity contribution >= 4 is 57.7 Å². The smallest absolute Gasteiger partial charge is 0.263 e. The lowest BCUT2D eigenvalue weighted by Crippen LogP contribution is -2.48. The maximum Gasteiger partial charge on any atom is 0.263 e. The van der Waals surface area contributed by atoms with Crippen LogP contribution in [0.3, 0.4) is 0 Å². The second kappa shape index (κ2) is 6.68. The Morgan fingerprint density at radius 1 is 1.10 bits per heavy atom. The summed E-state index contributed by atoms with van der Waals surface area (Å²) in [5.74, 6) is -0.292. The van der Waals surface area contributed by atoms with Crippen LogP contribution in [0.4, 0.5) is 5.69 Å². The number of nitrogens with one attached hydrogen (secondary N) is 2. The summed E-state index contributed by atoms with van der Waals surface area (Å²) in [7, 11) is 0. The Balaban J connectivity index is 2.11. The van der Waals surface area contributed by atoms with Crippen LogP contribution in [0, 0.1) is 0 Å². The zero-order valence-corrected chi connectivity index (χ0v) is 13.2. The van der Waals surface area contributed by atoms with E-state index in [4.69, 9.17) is 34.8 Å². The molecule has 1 aromatic carbocycles. The van der Waals surface area contributed by atoms with Gasteiger partial charge in [0, 0.05) is 5.69 Å². The molecule has 0 aliphatic carbocycles. The number of hydrogen-bond donors (Lipinski definition) is 2. The van der Waals surface area contributed by atoms with Crippen molar-refractivity contribution in [2.75, 3.05) is 5.32 Å². The molecule has 1 amide bonds. The first-order chi connectivity index (χ1) is 9.47. The van der Waals surface area contributed by atoms with E-state index in [1.807, 2.05) is 35.7 Å². The van der Waals surface area contributed by atoms with E-state index in [-0.39, 0.29) is 5.91 Å². The SMILES string of the molecule is O=C(N[C@H](Nc1ccccc1)C(Cl)(Cl)Cl)c1cccs1. The molecule has 0 fully saturated rings. The summed E-state index contributed by atoms with van der Waals surface area (Å²) < 4.78 is -1.68. The van der Waals surface area contributed by atoms with Crippen molar-refractivity contribution in [3.05, 3.63) is 52.7 Å². The molecule has 0 bridgehead atoms. The maximum absolute atomic E-state index is 12.0. The van der Waals surface area contributed by atoms with Gasteiger partial charge in [0.2, 0.25) is 3.79 Å². The first-order valence-electron chi connectivity index (χ1n) is 5.69. The first kappa shape index (κ1) is 15.4. The molecule has 1 aromatic heterocycles. The number of rotatable bonds is 4. The van der Waals surface area contributed by atoms with Crippen LogP contribution in [0.25, 0.3) is 0 Å². The topological polar surface area (TPSA) is 41.1 Å². The van der Waals surface area contributed by atoms with Gasteiger partial charge in [0.1, 0.15) is 6.17 Å². The number of anilines is 1. The van der Waals surface area contributed by atoms with Crippen molar-refractivity contribution in [3.63, 3.8) is 0 Å². The molecule has 3 nitrogen and oxygen atoms in total. The Kier molecular flexibility index (Phi) is 5.16. The highest BCUT2D eigenvalue weighted by Crippen LogP contribution is 2.31. The van der Waals surface area contributed by atoms with E-state index in [1.165, 1.54) is 11.3 Å². The van der Waals surface area contributed by atoms with E-state index in [2.05, 4.69) is 10.6 Å². The molecule has 0 unspecified atom stereocenters. The lowest BCUT2D eigenvalue weighted by molar-refractivity contribution is 0.0946. The maximum atomic E-state index is 12.0. The summed E-state index contributed by atoms with van der Waals surface area (Å²) in [6.45, 7) is 0. The van der Waals surface area contributed by atoms with Gasteiger partial charge in [-0.05, 0) is 23.6 Å². The molecule has 0 saturated heterocycles. The third-order valence-corrected chi connectivity index (χ3v) is 3.96. The molecule has 1 atom stereocenters. The Morgan fingerprint density at radius 2 is 1.80 bits per heavy atom. The van der Waals surface area contributed by atoms with E-state index < -0.39 is 9.96 Å². The molecule has 2 N–H and O–H groups in total. The van der Waals surface area contributed by atoms with Crippen LogP contribution >= 0.6 is 46.1 Å². The number of benzene rings is 1. The van der Waals surface area contributed by atoms with Crippen molar-refractivity contribution in [2.45, 2.75) is 9.96 Å². The van der Waals surface area contributed by atoms with E-state index >= 15 is 0 Å². The molecule has 0 aliphatic rings. The molecule has 7 heteroatoms. The molecule has 0 radical (unpaired) electrons. The van der Waals surface area contributed by atoms with Gasteiger partial charge in [-0.2, -0.15) is 0 Å². The van der Waals surface area contributed by atoms with Gasteiger partial charge in [-0.1, -0.05) is 59.1 Å². The second-order valence-corrected chi connectivity index (χ2v) is 7.25. The molecule has 2 aromatic rings. The van der Waals surface area contributed by atoms with Gasteiger partial charge in [-0.15, -0.1) is 11.3 Å². The summed E-state index contributed by atoms with van der Waals surface area (Å²) in [4.78, 5) is 12.6. The predicted octanol–water partition coefficient (Wildman–Crippen LogP) is 4.29. The molecule has 0 aliphatic heterocycles. The number of carbonyl (C=O) groups is 1. The first-order valence-corrected chi connectivity index (χ1v) is 7.71. The van der Waals surface area contributed by atoms with E-state index in [9.17, 15) is 4.79 Å². The van der Waals surface area contributed by atoms with E-state index in [0.717, 1.165) is 5.69 Å². The second-order valence-electron chi connectivity index (χ2n) is 3.94. The molecular formula is C13H11Cl3N2OS. The van der Waals surface area contributed by atoms with Gasteiger partial charge in [-0.25, -0.2) is 0 Å². The largest absolute Gasteiger partial charge is 0.362 e. The van der Waals surface area contributed by atoms with Gasteiger partial charge in [0.15, 0.2) is 0 Å². The fourth-order valence-electron chi connectivity index (χ4n) is 1.51. The van der Waals surface area contributed by atoms with Gasteiger partial charge in [0.25, 0.3) is 5.91 Å². The fourth-order valence-corrected chi connectivity index (χ4v) is 2.46. The quantitative estimate of drug-likeness (QED) is 0.639. The number of amides is 1. The molecule has 20 heavy (non-hydrogen) atoms. The normalized spacial score (nSPS) is 12.8. The third kappa shape index (κ3) is 4.28. The lowest BCUT2D eigenvalue weighted by Gasteiger charge is -2.27. The van der Waals surface area contributed by atoms with Gasteiger partial charge in [0.05, 0.1) is 4.88 Å². The Labute approximate surface area is 135 Å². The highest BCUT2D eigenvalue weighted by atomic mass is 35.6. The average Bonchev–Trinajstić information content (AvgIpc) is 2.92. The van der Waals surface area contributed by atoms with Crippen LogP contribution in [0.1, 0.15) is 9.67 Å². The number of alkyl halides is 3. The third-order valence-electron chi connectivity index (χ3n) is 2.43. The van der Waals surface area contributed by atoms with Gasteiger partial charge < -0.3 is 10.6 Å². The van der Waals surface area contributed by atoms with Crippen LogP contribution in [-0.4, -0.2) is 15.9 Å². The molecular weight excluding hydrogens is 339 g/mol. The van der Waals surface area contributed by atoms with Gasteiger partial charge >= 0.3 is 0 Å². The van der Waals surface area contributed by atoms with E-state index in [1.54, 1.807) is 12.1 Å². The van der Waals surface area contributed by atoms with Crippen LogP contribution in [0.2, 0.25) is 0 Å². The Hall–Kier alpha value is -0.940. The molecule has 0 spiro atoms. The highest BCUT2D eigenvalue weighted by molar-refractivity contribution is 7.12. The minimum Gasteiger partial charge on any atom is -0.362 e. The van der Waals surface area contributed by atoms with Crippen LogP contribution in [-0.2, 0) is 0 Å². The molecule has 2 rings (SSSR count). The van der Waals surface area contributed by atoms with Crippen molar-refractivity contribution in [1.29, 1.82) is 0 Å². The summed E-state index contributed by atoms with van der Waals surface area (Å²) in [6, 6.07) is 12.7. The van der Waals surface area contributed by atoms with E-state index in [0.29, 0.717) is 4.88 Å².